The molecule has 0 saturated carbocycles. The fraction of sp³-hybridized carbons (Fsp3) is 0.625. The number of aliphatic hydroxyl groups excluding tert-OH is 1. The predicted octanol–water partition coefficient (Wildman–Crippen LogP) is 0.385. The van der Waals surface area contributed by atoms with E-state index in [0.717, 1.165) is 0 Å². The Balaban J connectivity index is 2.87. The molecule has 1 aromatic rings. The molecule has 0 saturated heterocycles. The third kappa shape index (κ3) is 3.49. The van der Waals surface area contributed by atoms with E-state index in [0.29, 0.717) is 25.0 Å². The molecule has 1 heterocycles. The number of nitrogens with zero attached hydrogens (tertiary/aromatic N) is 4. The Hall–Kier alpha value is -1.14. The lowest BCUT2D eigenvalue weighted by Crippen LogP contribution is -2.24. The zero-order chi connectivity index (χ0) is 11.3. The number of anilines is 2. The number of hydrogen-bond acceptors (Lipinski definition) is 6. The highest BCUT2D eigenvalue weighted by Crippen LogP contribution is 2.11. The van der Waals surface area contributed by atoms with Crippen LogP contribution in [0, 0.1) is 0 Å². The average Bonchev–Trinajstić information content (AvgIpc) is 2.17. The summed E-state index contributed by atoms with van der Waals surface area (Å²) in [5.74, 6) is 0.886. The number of halogens is 1. The fourth-order valence-corrected chi connectivity index (χ4v) is 1.15. The van der Waals surface area contributed by atoms with E-state index in [2.05, 4.69) is 20.3 Å². The molecule has 0 spiro atoms. The quantitative estimate of drug-likeness (QED) is 0.764. The molecule has 0 radical (unpaired) electrons. The summed E-state index contributed by atoms with van der Waals surface area (Å²) in [6.07, 6.45) is 0. The summed E-state index contributed by atoms with van der Waals surface area (Å²) in [4.78, 5) is 13.7. The van der Waals surface area contributed by atoms with Gasteiger partial charge in [0.2, 0.25) is 17.2 Å². The van der Waals surface area contributed by atoms with E-state index < -0.39 is 0 Å². The lowest BCUT2D eigenvalue weighted by atomic mass is 10.6. The average molecular weight is 232 g/mol. The van der Waals surface area contributed by atoms with Crippen molar-refractivity contribution in [2.75, 3.05) is 37.0 Å². The van der Waals surface area contributed by atoms with Crippen LogP contribution in [0.15, 0.2) is 0 Å². The third-order valence-corrected chi connectivity index (χ3v) is 1.88. The van der Waals surface area contributed by atoms with Gasteiger partial charge >= 0.3 is 0 Å². The highest BCUT2D eigenvalue weighted by atomic mass is 35.5. The van der Waals surface area contributed by atoms with Gasteiger partial charge in [0.1, 0.15) is 0 Å². The lowest BCUT2D eigenvalue weighted by molar-refractivity contribution is 0.303. The van der Waals surface area contributed by atoms with E-state index in [1.807, 2.05) is 6.92 Å². The standard InChI is InChI=1S/C8H14ClN5O/c1-3-10-7-11-6(9)12-8(13-7)14(2)4-5-15/h15H,3-5H2,1-2H3,(H,10,11,12,13). The van der Waals surface area contributed by atoms with Gasteiger partial charge in [-0.25, -0.2) is 0 Å². The zero-order valence-corrected chi connectivity index (χ0v) is 9.49. The largest absolute Gasteiger partial charge is 0.395 e. The van der Waals surface area contributed by atoms with Gasteiger partial charge in [-0.15, -0.1) is 0 Å². The highest BCUT2D eigenvalue weighted by Gasteiger charge is 2.07. The van der Waals surface area contributed by atoms with Crippen LogP contribution in [0.3, 0.4) is 0 Å². The van der Waals surface area contributed by atoms with Gasteiger partial charge in [-0.1, -0.05) is 0 Å². The fourth-order valence-electron chi connectivity index (χ4n) is 0.998. The summed E-state index contributed by atoms with van der Waals surface area (Å²) >= 11 is 5.74. The van der Waals surface area contributed by atoms with E-state index in [-0.39, 0.29) is 11.9 Å². The first-order chi connectivity index (χ1) is 7.17. The van der Waals surface area contributed by atoms with E-state index in [4.69, 9.17) is 16.7 Å². The summed E-state index contributed by atoms with van der Waals surface area (Å²) in [5.41, 5.74) is 0. The lowest BCUT2D eigenvalue weighted by Gasteiger charge is -2.15. The normalized spacial score (nSPS) is 10.1. The van der Waals surface area contributed by atoms with Crippen LogP contribution in [0.2, 0.25) is 5.28 Å². The zero-order valence-electron chi connectivity index (χ0n) is 8.74. The number of hydrogen-bond donors (Lipinski definition) is 2. The summed E-state index contributed by atoms with van der Waals surface area (Å²) in [6.45, 7) is 3.14. The first-order valence-corrected chi connectivity index (χ1v) is 5.02. The maximum Gasteiger partial charge on any atom is 0.231 e. The van der Waals surface area contributed by atoms with Crippen LogP contribution in [0.1, 0.15) is 6.92 Å². The van der Waals surface area contributed by atoms with Gasteiger partial charge in [-0.05, 0) is 18.5 Å². The van der Waals surface area contributed by atoms with Crippen LogP contribution in [-0.4, -0.2) is 46.8 Å². The first-order valence-electron chi connectivity index (χ1n) is 4.64. The van der Waals surface area contributed by atoms with Crippen molar-refractivity contribution in [2.24, 2.45) is 0 Å². The van der Waals surface area contributed by atoms with Gasteiger partial charge in [0.05, 0.1) is 6.61 Å². The third-order valence-electron chi connectivity index (χ3n) is 1.71. The van der Waals surface area contributed by atoms with Crippen LogP contribution in [0.4, 0.5) is 11.9 Å². The second-order valence-corrected chi connectivity index (χ2v) is 3.24. The van der Waals surface area contributed by atoms with E-state index in [9.17, 15) is 0 Å². The van der Waals surface area contributed by atoms with Crippen molar-refractivity contribution in [1.29, 1.82) is 0 Å². The van der Waals surface area contributed by atoms with E-state index in [1.165, 1.54) is 0 Å². The minimum Gasteiger partial charge on any atom is -0.395 e. The molecule has 0 aromatic carbocycles. The van der Waals surface area contributed by atoms with Gasteiger partial charge in [0.25, 0.3) is 0 Å². The van der Waals surface area contributed by atoms with Gasteiger partial charge in [0.15, 0.2) is 0 Å². The Kier molecular flexibility index (Phi) is 4.51. The number of nitrogens with one attached hydrogen (secondary N) is 1. The van der Waals surface area contributed by atoms with Gasteiger partial charge in [-0.2, -0.15) is 15.0 Å². The molecule has 0 aliphatic heterocycles. The molecule has 0 aliphatic rings. The van der Waals surface area contributed by atoms with Crippen molar-refractivity contribution in [3.05, 3.63) is 5.28 Å². The van der Waals surface area contributed by atoms with Gasteiger partial charge in [0, 0.05) is 20.1 Å². The molecule has 0 unspecified atom stereocenters. The molecule has 0 fully saturated rings. The molecule has 0 aliphatic carbocycles. The maximum atomic E-state index is 8.78. The minimum absolute atomic E-state index is 0.0380. The number of likely N-dealkylation sites (N-methyl/N-ethyl adjacent to an activating group) is 1. The number of rotatable bonds is 5. The number of aromatic nitrogens is 3. The Labute approximate surface area is 93.3 Å². The highest BCUT2D eigenvalue weighted by molar-refractivity contribution is 6.28. The molecule has 0 amide bonds. The summed E-state index contributed by atoms with van der Waals surface area (Å²) < 4.78 is 0. The Bertz CT molecular complexity index is 322. The first kappa shape index (κ1) is 11.9. The molecule has 15 heavy (non-hydrogen) atoms. The molecule has 1 rings (SSSR count). The SMILES string of the molecule is CCNc1nc(Cl)nc(N(C)CCO)n1. The van der Waals surface area contributed by atoms with Crippen LogP contribution in [-0.2, 0) is 0 Å². The van der Waals surface area contributed by atoms with Crippen molar-refractivity contribution in [1.82, 2.24) is 15.0 Å². The Morgan fingerprint density at radius 2 is 2.13 bits per heavy atom. The summed E-state index contributed by atoms with van der Waals surface area (Å²) in [5, 5.41) is 11.9. The molecule has 7 heteroatoms. The topological polar surface area (TPSA) is 74.2 Å². The van der Waals surface area contributed by atoms with Crippen molar-refractivity contribution in [3.63, 3.8) is 0 Å². The van der Waals surface area contributed by atoms with Crippen LogP contribution in [0.5, 0.6) is 0 Å². The second kappa shape index (κ2) is 5.67. The monoisotopic (exact) mass is 231 g/mol. The molecule has 1 aromatic heterocycles. The molecular formula is C8H14ClN5O. The smallest absolute Gasteiger partial charge is 0.231 e. The van der Waals surface area contributed by atoms with Crippen molar-refractivity contribution >= 4 is 23.5 Å². The van der Waals surface area contributed by atoms with Gasteiger partial charge < -0.3 is 15.3 Å². The van der Waals surface area contributed by atoms with Crippen LogP contribution >= 0.6 is 11.6 Å². The molecule has 0 atom stereocenters. The Morgan fingerprint density at radius 1 is 1.40 bits per heavy atom. The van der Waals surface area contributed by atoms with Gasteiger partial charge in [-0.3, -0.25) is 0 Å². The molecule has 2 N–H and O–H groups in total. The summed E-state index contributed by atoms with van der Waals surface area (Å²) in [7, 11) is 1.78. The molecule has 6 nitrogen and oxygen atoms in total. The summed E-state index contributed by atoms with van der Waals surface area (Å²) in [6, 6.07) is 0. The van der Waals surface area contributed by atoms with Crippen molar-refractivity contribution in [3.8, 4) is 0 Å². The minimum atomic E-state index is 0.0380. The predicted molar refractivity (Wildman–Crippen MR) is 59.4 cm³/mol. The van der Waals surface area contributed by atoms with Crippen molar-refractivity contribution < 1.29 is 5.11 Å². The maximum absolute atomic E-state index is 8.78. The number of aliphatic hydroxyl groups is 1. The molecule has 0 bridgehead atoms. The second-order valence-electron chi connectivity index (χ2n) is 2.90. The molecular weight excluding hydrogens is 218 g/mol. The van der Waals surface area contributed by atoms with E-state index in [1.54, 1.807) is 11.9 Å². The van der Waals surface area contributed by atoms with Crippen LogP contribution < -0.4 is 10.2 Å². The molecule has 84 valence electrons. The van der Waals surface area contributed by atoms with Crippen LogP contribution in [0.25, 0.3) is 0 Å². The Morgan fingerprint density at radius 3 is 2.73 bits per heavy atom. The van der Waals surface area contributed by atoms with E-state index >= 15 is 0 Å². The van der Waals surface area contributed by atoms with Crippen molar-refractivity contribution in [2.45, 2.75) is 6.92 Å².